The van der Waals surface area contributed by atoms with E-state index in [1.54, 1.807) is 6.08 Å². The summed E-state index contributed by atoms with van der Waals surface area (Å²) < 4.78 is 0. The van der Waals surface area contributed by atoms with Crippen molar-refractivity contribution < 1.29 is 9.90 Å². The zero-order valence-corrected chi connectivity index (χ0v) is 14.6. The van der Waals surface area contributed by atoms with Crippen molar-refractivity contribution in [3.8, 4) is 16.6 Å². The van der Waals surface area contributed by atoms with E-state index in [-0.39, 0.29) is 5.56 Å². The van der Waals surface area contributed by atoms with Gasteiger partial charge in [0.25, 0.3) is 5.56 Å². The number of hydrogen-bond acceptors (Lipinski definition) is 6. The van der Waals surface area contributed by atoms with Crippen molar-refractivity contribution in [2.45, 2.75) is 18.0 Å². The van der Waals surface area contributed by atoms with Crippen LogP contribution in [-0.2, 0) is 4.79 Å². The molecule has 126 valence electrons. The van der Waals surface area contributed by atoms with E-state index in [0.29, 0.717) is 35.0 Å². The lowest BCUT2D eigenvalue weighted by molar-refractivity contribution is -0.132. The molecule has 0 amide bonds. The Morgan fingerprint density at radius 2 is 2.36 bits per heavy atom. The lowest BCUT2D eigenvalue weighted by atomic mass is 10.0. The minimum absolute atomic E-state index is 0.00302. The van der Waals surface area contributed by atoms with Gasteiger partial charge in [-0.2, -0.15) is 5.26 Å². The van der Waals surface area contributed by atoms with Crippen LogP contribution in [0.15, 0.2) is 50.8 Å². The van der Waals surface area contributed by atoms with Gasteiger partial charge in [0.05, 0.1) is 4.88 Å². The maximum Gasteiger partial charge on any atom is 0.331 e. The van der Waals surface area contributed by atoms with Crippen LogP contribution in [0.4, 0.5) is 0 Å². The molecule has 0 aliphatic heterocycles. The van der Waals surface area contributed by atoms with Crippen LogP contribution in [-0.4, -0.2) is 26.8 Å². The molecule has 1 aliphatic rings. The topological polar surface area (TPSA) is 107 Å². The molecule has 6 nitrogen and oxygen atoms in total. The van der Waals surface area contributed by atoms with Crippen LogP contribution < -0.4 is 5.56 Å². The second-order valence-electron chi connectivity index (χ2n) is 5.26. The second-order valence-corrected chi connectivity index (χ2v) is 7.18. The molecule has 0 fully saturated rings. The third-order valence-corrected chi connectivity index (χ3v) is 5.42. The van der Waals surface area contributed by atoms with Gasteiger partial charge in [-0.3, -0.25) is 4.79 Å². The zero-order chi connectivity index (χ0) is 17.8. The second kappa shape index (κ2) is 7.51. The first-order valence-corrected chi connectivity index (χ1v) is 9.29. The first kappa shape index (κ1) is 17.2. The summed E-state index contributed by atoms with van der Waals surface area (Å²) in [5.74, 6) is -0.407. The summed E-state index contributed by atoms with van der Waals surface area (Å²) in [6.07, 6.45) is 4.87. The smallest absolute Gasteiger partial charge is 0.331 e. The monoisotopic (exact) mass is 371 g/mol. The average Bonchev–Trinajstić information content (AvgIpc) is 3.14. The number of H-pyrrole nitrogens is 1. The van der Waals surface area contributed by atoms with Crippen LogP contribution in [0.1, 0.15) is 18.4 Å². The largest absolute Gasteiger partial charge is 0.478 e. The number of allylic oxidation sites excluding steroid dienone is 2. The number of nitrogens with one attached hydrogen (secondary N) is 1. The van der Waals surface area contributed by atoms with Crippen LogP contribution in [0.3, 0.4) is 0 Å². The number of carboxylic acids is 1. The maximum absolute atomic E-state index is 12.1. The predicted molar refractivity (Wildman–Crippen MR) is 96.6 cm³/mol. The molecule has 0 unspecified atom stereocenters. The Morgan fingerprint density at radius 3 is 3.04 bits per heavy atom. The summed E-state index contributed by atoms with van der Waals surface area (Å²) >= 11 is 2.72. The van der Waals surface area contributed by atoms with Crippen LogP contribution in [0.5, 0.6) is 0 Å². The highest BCUT2D eigenvalue weighted by atomic mass is 32.2. The molecule has 2 N–H and O–H groups in total. The van der Waals surface area contributed by atoms with Gasteiger partial charge in [-0.05, 0) is 35.9 Å². The van der Waals surface area contributed by atoms with E-state index in [4.69, 9.17) is 5.11 Å². The highest BCUT2D eigenvalue weighted by molar-refractivity contribution is 7.99. The van der Waals surface area contributed by atoms with E-state index in [9.17, 15) is 14.9 Å². The third kappa shape index (κ3) is 3.90. The highest BCUT2D eigenvalue weighted by Gasteiger charge is 2.16. The summed E-state index contributed by atoms with van der Waals surface area (Å²) in [5.41, 5.74) is 1.18. The van der Waals surface area contributed by atoms with Gasteiger partial charge in [-0.1, -0.05) is 23.9 Å². The lowest BCUT2D eigenvalue weighted by Crippen LogP contribution is -2.14. The number of aromatic nitrogens is 2. The van der Waals surface area contributed by atoms with Crippen LogP contribution in [0, 0.1) is 11.3 Å². The van der Waals surface area contributed by atoms with Crippen molar-refractivity contribution in [1.82, 2.24) is 9.97 Å². The predicted octanol–water partition coefficient (Wildman–Crippen LogP) is 3.19. The Kier molecular flexibility index (Phi) is 5.16. The minimum atomic E-state index is -0.902. The van der Waals surface area contributed by atoms with E-state index in [1.165, 1.54) is 23.1 Å². The molecular weight excluding hydrogens is 358 g/mol. The van der Waals surface area contributed by atoms with Gasteiger partial charge >= 0.3 is 5.97 Å². The molecule has 0 spiro atoms. The van der Waals surface area contributed by atoms with E-state index in [1.807, 2.05) is 29.7 Å². The molecule has 3 rings (SSSR count). The summed E-state index contributed by atoms with van der Waals surface area (Å²) in [6, 6.07) is 5.56. The molecule has 1 aliphatic carbocycles. The number of hydrogen-bond donors (Lipinski definition) is 2. The normalized spacial score (nSPS) is 13.7. The van der Waals surface area contributed by atoms with Gasteiger partial charge in [0.2, 0.25) is 0 Å². The van der Waals surface area contributed by atoms with Crippen molar-refractivity contribution in [1.29, 1.82) is 5.26 Å². The van der Waals surface area contributed by atoms with Crippen LogP contribution in [0.25, 0.3) is 10.6 Å². The fraction of sp³-hybridized carbons (Fsp3) is 0.176. The number of nitriles is 1. The summed E-state index contributed by atoms with van der Waals surface area (Å²) in [5, 5.41) is 20.6. The average molecular weight is 371 g/mol. The lowest BCUT2D eigenvalue weighted by Gasteiger charge is -2.11. The number of thioether (sulfide) groups is 1. The van der Waals surface area contributed by atoms with E-state index >= 15 is 0 Å². The number of rotatable bonds is 5. The van der Waals surface area contributed by atoms with E-state index in [2.05, 4.69) is 9.97 Å². The number of aromatic amines is 1. The van der Waals surface area contributed by atoms with Crippen molar-refractivity contribution in [3.63, 3.8) is 0 Å². The molecule has 8 heteroatoms. The molecule has 0 saturated carbocycles. The van der Waals surface area contributed by atoms with Crippen molar-refractivity contribution >= 4 is 29.1 Å². The Morgan fingerprint density at radius 1 is 1.52 bits per heavy atom. The van der Waals surface area contributed by atoms with E-state index < -0.39 is 11.5 Å². The van der Waals surface area contributed by atoms with Gasteiger partial charge in [-0.25, -0.2) is 9.78 Å². The molecule has 25 heavy (non-hydrogen) atoms. The van der Waals surface area contributed by atoms with Gasteiger partial charge in [-0.15, -0.1) is 11.3 Å². The minimum Gasteiger partial charge on any atom is -0.478 e. The highest BCUT2D eigenvalue weighted by Crippen LogP contribution is 2.27. The molecule has 2 aromatic heterocycles. The Bertz CT molecular complexity index is 966. The maximum atomic E-state index is 12.1. The van der Waals surface area contributed by atoms with Gasteiger partial charge in [0.1, 0.15) is 17.3 Å². The molecule has 2 aromatic rings. The Balaban J connectivity index is 1.85. The van der Waals surface area contributed by atoms with E-state index in [0.717, 1.165) is 10.5 Å². The van der Waals surface area contributed by atoms with Crippen LogP contribution >= 0.6 is 23.1 Å². The number of nitrogens with zero attached hydrogens (tertiary/aromatic N) is 2. The zero-order valence-electron chi connectivity index (χ0n) is 13.0. The standard InChI is InChI=1S/C17H13N3O3S2/c18-8-12-14(13-5-2-6-24-13)19-17(20-15(12)21)25-9-10-3-1-4-11(7-10)16(22)23/h2-3,5-7H,1,4,9H2,(H,22,23)(H,19,20,21). The fourth-order valence-electron chi connectivity index (χ4n) is 2.41. The number of aliphatic carboxylic acids is 1. The molecular formula is C17H13N3O3S2. The molecule has 0 saturated heterocycles. The molecule has 0 aromatic carbocycles. The van der Waals surface area contributed by atoms with Gasteiger partial charge in [0, 0.05) is 11.3 Å². The molecule has 0 bridgehead atoms. The first-order chi connectivity index (χ1) is 12.1. The summed E-state index contributed by atoms with van der Waals surface area (Å²) in [4.78, 5) is 31.0. The van der Waals surface area contributed by atoms with Crippen molar-refractivity contribution in [3.05, 3.63) is 56.7 Å². The molecule has 0 atom stereocenters. The summed E-state index contributed by atoms with van der Waals surface area (Å²) in [7, 11) is 0. The van der Waals surface area contributed by atoms with Crippen molar-refractivity contribution in [2.24, 2.45) is 0 Å². The number of thiophene rings is 1. The quantitative estimate of drug-likeness (QED) is 0.617. The van der Waals surface area contributed by atoms with Gasteiger partial charge in [0.15, 0.2) is 5.16 Å². The van der Waals surface area contributed by atoms with Crippen LogP contribution in [0.2, 0.25) is 0 Å². The number of carboxylic acid groups (broad SMARTS) is 1. The molecule has 0 radical (unpaired) electrons. The first-order valence-electron chi connectivity index (χ1n) is 7.42. The van der Waals surface area contributed by atoms with Crippen molar-refractivity contribution in [2.75, 3.05) is 5.75 Å². The third-order valence-electron chi connectivity index (χ3n) is 3.59. The summed E-state index contributed by atoms with van der Waals surface area (Å²) in [6.45, 7) is 0. The SMILES string of the molecule is N#Cc1c(-c2cccs2)nc(SCC2=CCCC(C(=O)O)=C2)[nH]c1=O. The Labute approximate surface area is 151 Å². The van der Waals surface area contributed by atoms with Gasteiger partial charge < -0.3 is 10.1 Å². The fourth-order valence-corrected chi connectivity index (χ4v) is 3.95. The Hall–Kier alpha value is -2.63. The molecule has 2 heterocycles. The number of carbonyl (C=O) groups is 1.